The van der Waals surface area contributed by atoms with Crippen molar-refractivity contribution in [1.29, 1.82) is 0 Å². The Kier molecular flexibility index (Phi) is 5.95. The monoisotopic (exact) mass is 428 g/mol. The fourth-order valence-electron chi connectivity index (χ4n) is 4.16. The van der Waals surface area contributed by atoms with Crippen molar-refractivity contribution in [1.82, 2.24) is 9.62 Å². The summed E-state index contributed by atoms with van der Waals surface area (Å²) in [6, 6.07) is 11.0. The summed E-state index contributed by atoms with van der Waals surface area (Å²) in [5, 5.41) is 3.04. The number of sulfonamides is 1. The number of ether oxygens (including phenoxy) is 1. The Morgan fingerprint density at radius 2 is 1.80 bits per heavy atom. The van der Waals surface area contributed by atoms with Gasteiger partial charge in [0.1, 0.15) is 0 Å². The first-order valence-corrected chi connectivity index (χ1v) is 11.9. The van der Waals surface area contributed by atoms with Crippen LogP contribution in [0.1, 0.15) is 52.0 Å². The molecule has 0 aromatic heterocycles. The number of carbonyl (C=O) groups is 1. The van der Waals surface area contributed by atoms with Gasteiger partial charge in [0.15, 0.2) is 0 Å². The topological polar surface area (TPSA) is 75.7 Å². The maximum Gasteiger partial charge on any atom is 0.252 e. The van der Waals surface area contributed by atoms with Crippen LogP contribution in [0.4, 0.5) is 0 Å². The lowest BCUT2D eigenvalue weighted by Crippen LogP contribution is -2.40. The Morgan fingerprint density at radius 3 is 2.57 bits per heavy atom. The van der Waals surface area contributed by atoms with Crippen LogP contribution in [0, 0.1) is 6.92 Å². The van der Waals surface area contributed by atoms with Crippen LogP contribution in [-0.2, 0) is 27.6 Å². The summed E-state index contributed by atoms with van der Waals surface area (Å²) in [5.41, 5.74) is 4.96. The standard InChI is InChI=1S/C23H28N2O4S/c1-16-6-9-21(30(27,28)25-10-12-29-13-11-25)15-22(16)23(26)24-17(2)19-8-7-18-4-3-5-20(18)14-19/h6-9,14-15,17H,3-5,10-13H2,1-2H3,(H,24,26). The van der Waals surface area contributed by atoms with Crippen molar-refractivity contribution in [3.8, 4) is 0 Å². The lowest BCUT2D eigenvalue weighted by molar-refractivity contribution is 0.0730. The summed E-state index contributed by atoms with van der Waals surface area (Å²) in [4.78, 5) is 13.1. The third-order valence-electron chi connectivity index (χ3n) is 6.03. The largest absolute Gasteiger partial charge is 0.379 e. The lowest BCUT2D eigenvalue weighted by atomic mass is 10.0. The zero-order valence-corrected chi connectivity index (χ0v) is 18.3. The Balaban J connectivity index is 1.54. The molecule has 1 aliphatic heterocycles. The van der Waals surface area contributed by atoms with Gasteiger partial charge in [0.25, 0.3) is 5.91 Å². The van der Waals surface area contributed by atoms with Crippen LogP contribution in [0.15, 0.2) is 41.3 Å². The molecule has 1 atom stereocenters. The molecule has 1 aliphatic carbocycles. The quantitative estimate of drug-likeness (QED) is 0.794. The highest BCUT2D eigenvalue weighted by atomic mass is 32.2. The Hall–Kier alpha value is -2.22. The van der Waals surface area contributed by atoms with Gasteiger partial charge in [-0.2, -0.15) is 4.31 Å². The number of carbonyl (C=O) groups excluding carboxylic acids is 1. The molecule has 2 aliphatic rings. The summed E-state index contributed by atoms with van der Waals surface area (Å²) in [6.07, 6.45) is 3.40. The van der Waals surface area contributed by atoms with Gasteiger partial charge in [-0.25, -0.2) is 8.42 Å². The molecule has 4 rings (SSSR count). The molecule has 1 unspecified atom stereocenters. The molecule has 1 N–H and O–H groups in total. The second-order valence-corrected chi connectivity index (χ2v) is 10.0. The fourth-order valence-corrected chi connectivity index (χ4v) is 5.60. The van der Waals surface area contributed by atoms with Crippen molar-refractivity contribution in [3.63, 3.8) is 0 Å². The van der Waals surface area contributed by atoms with Crippen LogP contribution in [-0.4, -0.2) is 44.9 Å². The average Bonchev–Trinajstić information content (AvgIpc) is 3.22. The van der Waals surface area contributed by atoms with Crippen LogP contribution in [0.25, 0.3) is 0 Å². The fraction of sp³-hybridized carbons (Fsp3) is 0.435. The SMILES string of the molecule is Cc1ccc(S(=O)(=O)N2CCOCC2)cc1C(=O)NC(C)c1ccc2c(c1)CCC2. The van der Waals surface area contributed by atoms with Crippen molar-refractivity contribution in [2.75, 3.05) is 26.3 Å². The number of morpholine rings is 1. The molecule has 1 fully saturated rings. The number of aryl methyl sites for hydroxylation is 3. The molecule has 0 saturated carbocycles. The summed E-state index contributed by atoms with van der Waals surface area (Å²) >= 11 is 0. The van der Waals surface area contributed by atoms with E-state index in [1.54, 1.807) is 12.1 Å². The van der Waals surface area contributed by atoms with Gasteiger partial charge in [0.05, 0.1) is 24.2 Å². The van der Waals surface area contributed by atoms with Crippen LogP contribution in [0.5, 0.6) is 0 Å². The third kappa shape index (κ3) is 4.15. The van der Waals surface area contributed by atoms with Crippen molar-refractivity contribution in [2.24, 2.45) is 0 Å². The van der Waals surface area contributed by atoms with Crippen molar-refractivity contribution >= 4 is 15.9 Å². The van der Waals surface area contributed by atoms with Gasteiger partial charge in [-0.3, -0.25) is 4.79 Å². The molecule has 160 valence electrons. The molecule has 0 bridgehead atoms. The Bertz CT molecular complexity index is 1060. The van der Waals surface area contributed by atoms with E-state index in [2.05, 4.69) is 23.5 Å². The number of fused-ring (bicyclic) bond motifs is 1. The first-order valence-electron chi connectivity index (χ1n) is 10.5. The number of hydrogen-bond acceptors (Lipinski definition) is 4. The second-order valence-electron chi connectivity index (χ2n) is 8.07. The predicted octanol–water partition coefficient (Wildman–Crippen LogP) is 3.00. The van der Waals surface area contributed by atoms with E-state index in [-0.39, 0.29) is 16.8 Å². The van der Waals surface area contributed by atoms with E-state index in [9.17, 15) is 13.2 Å². The lowest BCUT2D eigenvalue weighted by Gasteiger charge is -2.26. The number of hydrogen-bond donors (Lipinski definition) is 1. The minimum absolute atomic E-state index is 0.144. The number of benzene rings is 2. The summed E-state index contributed by atoms with van der Waals surface area (Å²) in [5.74, 6) is -0.264. The Morgan fingerprint density at radius 1 is 1.07 bits per heavy atom. The smallest absolute Gasteiger partial charge is 0.252 e. The number of nitrogens with one attached hydrogen (secondary N) is 1. The summed E-state index contributed by atoms with van der Waals surface area (Å²) in [7, 11) is -3.65. The number of rotatable bonds is 5. The van der Waals surface area contributed by atoms with Gasteiger partial charge in [0.2, 0.25) is 10.0 Å². The van der Waals surface area contributed by atoms with Crippen LogP contribution >= 0.6 is 0 Å². The molecular weight excluding hydrogens is 400 g/mol. The van der Waals surface area contributed by atoms with E-state index >= 15 is 0 Å². The molecule has 1 saturated heterocycles. The number of nitrogens with zero attached hydrogens (tertiary/aromatic N) is 1. The summed E-state index contributed by atoms with van der Waals surface area (Å²) in [6.45, 7) is 5.20. The van der Waals surface area contributed by atoms with Gasteiger partial charge < -0.3 is 10.1 Å². The second kappa shape index (κ2) is 8.49. The zero-order chi connectivity index (χ0) is 21.3. The first kappa shape index (κ1) is 21.0. The molecule has 7 heteroatoms. The van der Waals surface area contributed by atoms with E-state index in [1.165, 1.54) is 27.9 Å². The molecule has 1 amide bonds. The molecule has 1 heterocycles. The van der Waals surface area contributed by atoms with Crippen molar-refractivity contribution in [2.45, 2.75) is 44.0 Å². The zero-order valence-electron chi connectivity index (χ0n) is 17.5. The van der Waals surface area contributed by atoms with Crippen LogP contribution in [0.3, 0.4) is 0 Å². The van der Waals surface area contributed by atoms with Crippen molar-refractivity contribution < 1.29 is 17.9 Å². The summed E-state index contributed by atoms with van der Waals surface area (Å²) < 4.78 is 32.6. The van der Waals surface area contributed by atoms with E-state index in [4.69, 9.17) is 4.74 Å². The predicted molar refractivity (Wildman–Crippen MR) is 115 cm³/mol. The molecule has 2 aromatic carbocycles. The van der Waals surface area contributed by atoms with E-state index in [0.717, 1.165) is 24.0 Å². The molecule has 0 radical (unpaired) electrons. The van der Waals surface area contributed by atoms with E-state index in [1.807, 2.05) is 13.8 Å². The normalized spacial score (nSPS) is 18.1. The first-order chi connectivity index (χ1) is 14.4. The minimum Gasteiger partial charge on any atom is -0.379 e. The molecule has 6 nitrogen and oxygen atoms in total. The molecule has 0 spiro atoms. The molecular formula is C23H28N2O4S. The average molecular weight is 429 g/mol. The van der Waals surface area contributed by atoms with Crippen molar-refractivity contribution in [3.05, 3.63) is 64.2 Å². The van der Waals surface area contributed by atoms with Gasteiger partial charge in [-0.05, 0) is 67.5 Å². The Labute approximate surface area is 178 Å². The van der Waals surface area contributed by atoms with Crippen LogP contribution in [0.2, 0.25) is 0 Å². The van der Waals surface area contributed by atoms with Gasteiger partial charge in [0, 0.05) is 18.7 Å². The van der Waals surface area contributed by atoms with Gasteiger partial charge in [-0.15, -0.1) is 0 Å². The highest BCUT2D eigenvalue weighted by Crippen LogP contribution is 2.26. The third-order valence-corrected chi connectivity index (χ3v) is 7.93. The van der Waals surface area contributed by atoms with Gasteiger partial charge in [-0.1, -0.05) is 24.3 Å². The highest BCUT2D eigenvalue weighted by molar-refractivity contribution is 7.89. The highest BCUT2D eigenvalue weighted by Gasteiger charge is 2.27. The number of amides is 1. The minimum atomic E-state index is -3.65. The van der Waals surface area contributed by atoms with E-state index in [0.29, 0.717) is 31.9 Å². The van der Waals surface area contributed by atoms with E-state index < -0.39 is 10.0 Å². The maximum atomic E-state index is 13.0. The van der Waals surface area contributed by atoms with Gasteiger partial charge >= 0.3 is 0 Å². The maximum absolute atomic E-state index is 13.0. The molecule has 30 heavy (non-hydrogen) atoms. The molecule has 2 aromatic rings. The van der Waals surface area contributed by atoms with Crippen LogP contribution < -0.4 is 5.32 Å².